The van der Waals surface area contributed by atoms with E-state index in [9.17, 15) is 4.79 Å². The van der Waals surface area contributed by atoms with Gasteiger partial charge in [0.2, 0.25) is 5.91 Å². The maximum Gasteiger partial charge on any atom is 0.229 e. The number of nitrogens with zero attached hydrogens (tertiary/aromatic N) is 8. The molecule has 154 valence electrons. The summed E-state index contributed by atoms with van der Waals surface area (Å²) in [6, 6.07) is 10.4. The molecule has 0 aliphatic carbocycles. The molecule has 0 unspecified atom stereocenters. The summed E-state index contributed by atoms with van der Waals surface area (Å²) in [5.41, 5.74) is 2.50. The molecule has 9 heteroatoms. The van der Waals surface area contributed by atoms with Gasteiger partial charge in [0.15, 0.2) is 5.82 Å². The van der Waals surface area contributed by atoms with Crippen LogP contribution in [-0.2, 0) is 4.79 Å². The number of aromatic nitrogens is 5. The fourth-order valence-corrected chi connectivity index (χ4v) is 4.05. The second-order valence-electron chi connectivity index (χ2n) is 7.83. The monoisotopic (exact) mass is 404 g/mol. The molecule has 2 fully saturated rings. The van der Waals surface area contributed by atoms with E-state index in [0.717, 1.165) is 32.0 Å². The Morgan fingerprint density at radius 1 is 0.967 bits per heavy atom. The second-order valence-corrected chi connectivity index (χ2v) is 7.83. The first-order valence-electron chi connectivity index (χ1n) is 10.2. The number of carbonyl (C=O) groups is 1. The van der Waals surface area contributed by atoms with Crippen molar-refractivity contribution in [3.05, 3.63) is 54.9 Å². The first kappa shape index (κ1) is 18.5. The number of piperazine rings is 1. The molecule has 0 saturated carbocycles. The van der Waals surface area contributed by atoms with Crippen molar-refractivity contribution in [3.63, 3.8) is 0 Å². The molecular formula is C21H24N8O. The molecule has 0 bridgehead atoms. The number of aryl methyl sites for hydroxylation is 1. The Morgan fingerprint density at radius 2 is 1.77 bits per heavy atom. The van der Waals surface area contributed by atoms with Crippen molar-refractivity contribution in [2.75, 3.05) is 49.1 Å². The lowest BCUT2D eigenvalue weighted by molar-refractivity contribution is -0.136. The van der Waals surface area contributed by atoms with Gasteiger partial charge in [-0.1, -0.05) is 12.1 Å². The highest BCUT2D eigenvalue weighted by Crippen LogP contribution is 2.26. The third-order valence-electron chi connectivity index (χ3n) is 5.80. The van der Waals surface area contributed by atoms with E-state index >= 15 is 0 Å². The van der Waals surface area contributed by atoms with Gasteiger partial charge < -0.3 is 14.7 Å². The van der Waals surface area contributed by atoms with Gasteiger partial charge >= 0.3 is 0 Å². The Kier molecular flexibility index (Phi) is 4.78. The summed E-state index contributed by atoms with van der Waals surface area (Å²) in [6.45, 7) is 6.77. The quantitative estimate of drug-likeness (QED) is 0.645. The van der Waals surface area contributed by atoms with Crippen molar-refractivity contribution in [3.8, 4) is 5.82 Å². The number of hydrogen-bond donors (Lipinski definition) is 0. The Hall–Kier alpha value is -3.49. The van der Waals surface area contributed by atoms with Gasteiger partial charge in [-0.15, -0.1) is 0 Å². The van der Waals surface area contributed by atoms with E-state index in [1.807, 2.05) is 11.0 Å². The van der Waals surface area contributed by atoms with Crippen molar-refractivity contribution in [2.24, 2.45) is 5.92 Å². The van der Waals surface area contributed by atoms with Gasteiger partial charge in [-0.2, -0.15) is 5.10 Å². The molecule has 2 aliphatic heterocycles. The first-order valence-corrected chi connectivity index (χ1v) is 10.2. The van der Waals surface area contributed by atoms with E-state index in [-0.39, 0.29) is 11.8 Å². The Balaban J connectivity index is 1.16. The van der Waals surface area contributed by atoms with Crippen LogP contribution in [0.2, 0.25) is 0 Å². The summed E-state index contributed by atoms with van der Waals surface area (Å²) in [7, 11) is 0. The highest BCUT2D eigenvalue weighted by molar-refractivity contribution is 5.82. The minimum absolute atomic E-state index is 0.0281. The van der Waals surface area contributed by atoms with Gasteiger partial charge in [-0.25, -0.2) is 19.6 Å². The molecule has 3 aromatic rings. The van der Waals surface area contributed by atoms with Crippen molar-refractivity contribution >= 4 is 17.4 Å². The van der Waals surface area contributed by atoms with E-state index in [0.29, 0.717) is 18.9 Å². The standard InChI is InChI=1S/C21H24N8O/c1-16-3-2-4-18(9-16)26-5-7-27(8-6-26)21(30)17-11-28(12-17)19-10-20(24-14-23-19)29-15-22-13-25-29/h2-4,9-10,13-15,17H,5-8,11-12H2,1H3. The number of benzene rings is 1. The summed E-state index contributed by atoms with van der Waals surface area (Å²) < 4.78 is 1.60. The number of hydrogen-bond acceptors (Lipinski definition) is 7. The van der Waals surface area contributed by atoms with E-state index in [1.165, 1.54) is 23.9 Å². The average Bonchev–Trinajstić information content (AvgIpc) is 3.28. The third-order valence-corrected chi connectivity index (χ3v) is 5.80. The molecule has 1 aromatic carbocycles. The molecule has 4 heterocycles. The smallest absolute Gasteiger partial charge is 0.229 e. The number of amides is 1. The topological polar surface area (TPSA) is 83.3 Å². The minimum Gasteiger partial charge on any atom is -0.368 e. The molecule has 0 N–H and O–H groups in total. The minimum atomic E-state index is 0.0281. The van der Waals surface area contributed by atoms with E-state index in [1.54, 1.807) is 11.0 Å². The normalized spacial score (nSPS) is 17.2. The molecule has 0 radical (unpaired) electrons. The number of anilines is 2. The van der Waals surface area contributed by atoms with Crippen LogP contribution >= 0.6 is 0 Å². The Morgan fingerprint density at radius 3 is 2.50 bits per heavy atom. The summed E-state index contributed by atoms with van der Waals surface area (Å²) >= 11 is 0. The lowest BCUT2D eigenvalue weighted by Crippen LogP contribution is -2.58. The lowest BCUT2D eigenvalue weighted by Gasteiger charge is -2.43. The summed E-state index contributed by atoms with van der Waals surface area (Å²) in [5, 5.41) is 4.10. The van der Waals surface area contributed by atoms with Crippen molar-refractivity contribution in [1.82, 2.24) is 29.6 Å². The van der Waals surface area contributed by atoms with E-state index < -0.39 is 0 Å². The van der Waals surface area contributed by atoms with Crippen molar-refractivity contribution < 1.29 is 4.79 Å². The second kappa shape index (κ2) is 7.74. The van der Waals surface area contributed by atoms with Crippen LogP contribution in [0.15, 0.2) is 49.3 Å². The molecule has 2 saturated heterocycles. The predicted molar refractivity (Wildman–Crippen MR) is 113 cm³/mol. The van der Waals surface area contributed by atoms with Crippen LogP contribution in [0.5, 0.6) is 0 Å². The fraction of sp³-hybridized carbons (Fsp3) is 0.381. The lowest BCUT2D eigenvalue weighted by atomic mass is 9.98. The third kappa shape index (κ3) is 3.58. The molecule has 5 rings (SSSR count). The SMILES string of the molecule is Cc1cccc(N2CCN(C(=O)C3CN(c4cc(-n5cncn5)ncn4)C3)CC2)c1. The molecule has 30 heavy (non-hydrogen) atoms. The molecule has 2 aromatic heterocycles. The zero-order valence-electron chi connectivity index (χ0n) is 16.9. The molecular weight excluding hydrogens is 380 g/mol. The van der Waals surface area contributed by atoms with E-state index in [2.05, 4.69) is 61.0 Å². The van der Waals surface area contributed by atoms with Crippen LogP contribution in [0.4, 0.5) is 11.5 Å². The van der Waals surface area contributed by atoms with Gasteiger partial charge in [-0.05, 0) is 24.6 Å². The van der Waals surface area contributed by atoms with Gasteiger partial charge in [0.25, 0.3) is 0 Å². The Labute approximate surface area is 175 Å². The molecule has 0 atom stereocenters. The van der Waals surface area contributed by atoms with Gasteiger partial charge in [0, 0.05) is 51.0 Å². The largest absolute Gasteiger partial charge is 0.368 e. The Bertz CT molecular complexity index is 1020. The molecule has 2 aliphatic rings. The fourth-order valence-electron chi connectivity index (χ4n) is 4.05. The summed E-state index contributed by atoms with van der Waals surface area (Å²) in [6.07, 6.45) is 4.59. The molecule has 0 spiro atoms. The summed E-state index contributed by atoms with van der Waals surface area (Å²) in [4.78, 5) is 31.9. The molecule has 1 amide bonds. The zero-order valence-corrected chi connectivity index (χ0v) is 16.9. The number of carbonyl (C=O) groups excluding carboxylic acids is 1. The molecule has 9 nitrogen and oxygen atoms in total. The van der Waals surface area contributed by atoms with Crippen molar-refractivity contribution in [1.29, 1.82) is 0 Å². The highest BCUT2D eigenvalue weighted by atomic mass is 16.2. The van der Waals surface area contributed by atoms with Gasteiger partial charge in [-0.3, -0.25) is 4.79 Å². The first-order chi connectivity index (χ1) is 14.7. The predicted octanol–water partition coefficient (Wildman–Crippen LogP) is 1.15. The van der Waals surface area contributed by atoms with Crippen LogP contribution in [-0.4, -0.2) is 74.8 Å². The van der Waals surface area contributed by atoms with Gasteiger partial charge in [0.05, 0.1) is 5.92 Å². The zero-order chi connectivity index (χ0) is 20.5. The van der Waals surface area contributed by atoms with Gasteiger partial charge in [0.1, 0.15) is 24.8 Å². The maximum absolute atomic E-state index is 12.9. The van der Waals surface area contributed by atoms with Crippen LogP contribution in [0.3, 0.4) is 0 Å². The van der Waals surface area contributed by atoms with Crippen molar-refractivity contribution in [2.45, 2.75) is 6.92 Å². The average molecular weight is 404 g/mol. The maximum atomic E-state index is 12.9. The highest BCUT2D eigenvalue weighted by Gasteiger charge is 2.37. The van der Waals surface area contributed by atoms with E-state index in [4.69, 9.17) is 0 Å². The van der Waals surface area contributed by atoms with Crippen LogP contribution in [0, 0.1) is 12.8 Å². The van der Waals surface area contributed by atoms with Crippen LogP contribution in [0.25, 0.3) is 5.82 Å². The number of rotatable bonds is 4. The van der Waals surface area contributed by atoms with Crippen LogP contribution in [0.1, 0.15) is 5.56 Å². The summed E-state index contributed by atoms with van der Waals surface area (Å²) in [5.74, 6) is 1.75. The van der Waals surface area contributed by atoms with Crippen LogP contribution < -0.4 is 9.80 Å².